The van der Waals surface area contributed by atoms with Crippen LogP contribution in [0.3, 0.4) is 0 Å². The van der Waals surface area contributed by atoms with E-state index in [1.165, 1.54) is 0 Å². The highest BCUT2D eigenvalue weighted by Crippen LogP contribution is 2.19. The summed E-state index contributed by atoms with van der Waals surface area (Å²) in [6.07, 6.45) is 4.51. The highest BCUT2D eigenvalue weighted by Gasteiger charge is 2.16. The second-order valence-corrected chi connectivity index (χ2v) is 3.51. The first-order valence-corrected chi connectivity index (χ1v) is 4.99. The lowest BCUT2D eigenvalue weighted by molar-refractivity contribution is 0.0657. The van der Waals surface area contributed by atoms with Gasteiger partial charge in [-0.3, -0.25) is 0 Å². The lowest BCUT2D eigenvalue weighted by Gasteiger charge is -2.21. The molecule has 0 atom stereocenters. The van der Waals surface area contributed by atoms with Crippen molar-refractivity contribution in [1.29, 1.82) is 0 Å². The first-order chi connectivity index (χ1) is 6.90. The van der Waals surface area contributed by atoms with Gasteiger partial charge in [-0.05, 0) is 12.8 Å². The molecule has 0 aromatic carbocycles. The predicted molar refractivity (Wildman–Crippen MR) is 49.9 cm³/mol. The zero-order valence-electron chi connectivity index (χ0n) is 8.09. The standard InChI is InChI=1S/C9H15N3O2/c13-4-1-8-7-12(11-10-8)9-2-5-14-6-3-9/h7,9,13H,1-6H2. The van der Waals surface area contributed by atoms with Crippen LogP contribution in [-0.4, -0.2) is 39.9 Å². The Hall–Kier alpha value is -0.940. The minimum atomic E-state index is 0.131. The molecule has 14 heavy (non-hydrogen) atoms. The molecule has 1 aromatic rings. The van der Waals surface area contributed by atoms with Crippen molar-refractivity contribution >= 4 is 0 Å². The summed E-state index contributed by atoms with van der Waals surface area (Å²) in [7, 11) is 0. The van der Waals surface area contributed by atoms with Gasteiger partial charge >= 0.3 is 0 Å². The maximum atomic E-state index is 8.74. The third-order valence-electron chi connectivity index (χ3n) is 2.49. The monoisotopic (exact) mass is 197 g/mol. The molecule has 1 aromatic heterocycles. The van der Waals surface area contributed by atoms with Crippen LogP contribution in [0.4, 0.5) is 0 Å². The van der Waals surface area contributed by atoms with E-state index in [4.69, 9.17) is 9.84 Å². The number of rotatable bonds is 3. The fraction of sp³-hybridized carbons (Fsp3) is 0.778. The second-order valence-electron chi connectivity index (χ2n) is 3.51. The van der Waals surface area contributed by atoms with Crippen molar-refractivity contribution in [3.05, 3.63) is 11.9 Å². The van der Waals surface area contributed by atoms with Crippen molar-refractivity contribution in [2.24, 2.45) is 0 Å². The van der Waals surface area contributed by atoms with Crippen molar-refractivity contribution in [2.45, 2.75) is 25.3 Å². The molecule has 5 nitrogen and oxygen atoms in total. The SMILES string of the molecule is OCCc1cn(C2CCOCC2)nn1. The van der Waals surface area contributed by atoms with Crippen molar-refractivity contribution in [3.63, 3.8) is 0 Å². The molecule has 1 fully saturated rings. The van der Waals surface area contributed by atoms with E-state index in [1.54, 1.807) is 0 Å². The summed E-state index contributed by atoms with van der Waals surface area (Å²) in [4.78, 5) is 0. The van der Waals surface area contributed by atoms with Gasteiger partial charge in [0.05, 0.1) is 11.7 Å². The number of aliphatic hydroxyl groups is 1. The van der Waals surface area contributed by atoms with Crippen LogP contribution in [0.25, 0.3) is 0 Å². The zero-order chi connectivity index (χ0) is 9.80. The molecule has 2 heterocycles. The van der Waals surface area contributed by atoms with Crippen LogP contribution in [0.5, 0.6) is 0 Å². The summed E-state index contributed by atoms with van der Waals surface area (Å²) >= 11 is 0. The molecular weight excluding hydrogens is 182 g/mol. The number of hydrogen-bond donors (Lipinski definition) is 1. The van der Waals surface area contributed by atoms with Crippen molar-refractivity contribution in [1.82, 2.24) is 15.0 Å². The fourth-order valence-corrected chi connectivity index (χ4v) is 1.67. The van der Waals surface area contributed by atoms with E-state index in [0.717, 1.165) is 31.7 Å². The summed E-state index contributed by atoms with van der Waals surface area (Å²) < 4.78 is 7.17. The number of aliphatic hydroxyl groups excluding tert-OH is 1. The highest BCUT2D eigenvalue weighted by molar-refractivity contribution is 4.93. The third-order valence-corrected chi connectivity index (χ3v) is 2.49. The smallest absolute Gasteiger partial charge is 0.0850 e. The summed E-state index contributed by atoms with van der Waals surface area (Å²) in [6, 6.07) is 0.420. The molecule has 0 radical (unpaired) electrons. The van der Waals surface area contributed by atoms with Crippen LogP contribution in [0.1, 0.15) is 24.6 Å². The molecule has 78 valence electrons. The van der Waals surface area contributed by atoms with Crippen LogP contribution in [0.2, 0.25) is 0 Å². The van der Waals surface area contributed by atoms with E-state index in [9.17, 15) is 0 Å². The van der Waals surface area contributed by atoms with Gasteiger partial charge < -0.3 is 9.84 Å². The number of nitrogens with zero attached hydrogens (tertiary/aromatic N) is 3. The molecule has 0 bridgehead atoms. The van der Waals surface area contributed by atoms with Crippen LogP contribution in [0.15, 0.2) is 6.20 Å². The van der Waals surface area contributed by atoms with E-state index in [0.29, 0.717) is 12.5 Å². The van der Waals surface area contributed by atoms with Crippen LogP contribution in [0, 0.1) is 0 Å². The summed E-state index contributed by atoms with van der Waals surface area (Å²) in [5.41, 5.74) is 0.860. The average Bonchev–Trinajstić information content (AvgIpc) is 2.68. The number of ether oxygens (including phenoxy) is 1. The molecule has 1 saturated heterocycles. The molecule has 0 unspecified atom stereocenters. The van der Waals surface area contributed by atoms with E-state index in [-0.39, 0.29) is 6.61 Å². The van der Waals surface area contributed by atoms with E-state index in [1.807, 2.05) is 10.9 Å². The van der Waals surface area contributed by atoms with Crippen LogP contribution in [-0.2, 0) is 11.2 Å². The predicted octanol–water partition coefficient (Wildman–Crippen LogP) is 0.164. The first-order valence-electron chi connectivity index (χ1n) is 4.99. The number of aromatic nitrogens is 3. The van der Waals surface area contributed by atoms with Crippen LogP contribution >= 0.6 is 0 Å². The van der Waals surface area contributed by atoms with Crippen molar-refractivity contribution in [3.8, 4) is 0 Å². The van der Waals surface area contributed by atoms with Crippen molar-refractivity contribution < 1.29 is 9.84 Å². The fourth-order valence-electron chi connectivity index (χ4n) is 1.67. The van der Waals surface area contributed by atoms with Crippen molar-refractivity contribution in [2.75, 3.05) is 19.8 Å². The Balaban J connectivity index is 2.00. The van der Waals surface area contributed by atoms with Gasteiger partial charge in [-0.2, -0.15) is 0 Å². The molecule has 0 saturated carbocycles. The van der Waals surface area contributed by atoms with E-state index >= 15 is 0 Å². The Morgan fingerprint density at radius 3 is 3.00 bits per heavy atom. The molecule has 1 N–H and O–H groups in total. The topological polar surface area (TPSA) is 60.2 Å². The molecule has 5 heteroatoms. The Morgan fingerprint density at radius 1 is 1.50 bits per heavy atom. The normalized spacial score (nSPS) is 18.6. The highest BCUT2D eigenvalue weighted by atomic mass is 16.5. The zero-order valence-corrected chi connectivity index (χ0v) is 8.09. The maximum absolute atomic E-state index is 8.74. The summed E-state index contributed by atoms with van der Waals surface area (Å²) in [5.74, 6) is 0. The Bertz CT molecular complexity index is 281. The van der Waals surface area contributed by atoms with Gasteiger partial charge in [0.15, 0.2) is 0 Å². The Morgan fingerprint density at radius 2 is 2.29 bits per heavy atom. The minimum absolute atomic E-state index is 0.131. The molecular formula is C9H15N3O2. The van der Waals surface area contributed by atoms with Gasteiger partial charge in [-0.25, -0.2) is 4.68 Å². The molecule has 0 amide bonds. The van der Waals surface area contributed by atoms with Gasteiger partial charge in [-0.1, -0.05) is 5.21 Å². The molecule has 0 spiro atoms. The van der Waals surface area contributed by atoms with Gasteiger partial charge in [0.2, 0.25) is 0 Å². The van der Waals surface area contributed by atoms with Gasteiger partial charge in [0.1, 0.15) is 0 Å². The lowest BCUT2D eigenvalue weighted by Crippen LogP contribution is -2.19. The average molecular weight is 197 g/mol. The molecule has 1 aliphatic rings. The van der Waals surface area contributed by atoms with E-state index < -0.39 is 0 Å². The van der Waals surface area contributed by atoms with E-state index in [2.05, 4.69) is 10.3 Å². The summed E-state index contributed by atoms with van der Waals surface area (Å²) in [5, 5.41) is 16.8. The molecule has 0 aliphatic carbocycles. The first kappa shape index (κ1) is 9.61. The van der Waals surface area contributed by atoms with Crippen LogP contribution < -0.4 is 0 Å². The third kappa shape index (κ3) is 2.10. The van der Waals surface area contributed by atoms with Gasteiger partial charge in [0, 0.05) is 32.4 Å². The largest absolute Gasteiger partial charge is 0.396 e. The maximum Gasteiger partial charge on any atom is 0.0850 e. The lowest BCUT2D eigenvalue weighted by atomic mass is 10.1. The Kier molecular flexibility index (Phi) is 3.10. The Labute approximate surface area is 82.7 Å². The quantitative estimate of drug-likeness (QED) is 0.750. The molecule has 2 rings (SSSR count). The van der Waals surface area contributed by atoms with Gasteiger partial charge in [0.25, 0.3) is 0 Å². The summed E-state index contributed by atoms with van der Waals surface area (Å²) in [6.45, 7) is 1.74. The number of hydrogen-bond acceptors (Lipinski definition) is 4. The minimum Gasteiger partial charge on any atom is -0.396 e. The molecule has 1 aliphatic heterocycles. The van der Waals surface area contributed by atoms with Gasteiger partial charge in [-0.15, -0.1) is 5.10 Å². The second kappa shape index (κ2) is 4.52.